The molecule has 0 aliphatic rings. The first-order valence-corrected chi connectivity index (χ1v) is 7.01. The third-order valence-corrected chi connectivity index (χ3v) is 3.79. The van der Waals surface area contributed by atoms with E-state index in [9.17, 15) is 0 Å². The minimum atomic E-state index is 0.134. The molecule has 0 fully saturated rings. The molecule has 1 N–H and O–H groups in total. The van der Waals surface area contributed by atoms with E-state index < -0.39 is 0 Å². The average Bonchev–Trinajstić information content (AvgIpc) is 2.88. The quantitative estimate of drug-likeness (QED) is 0.874. The Kier molecular flexibility index (Phi) is 4.63. The maximum Gasteiger partial charge on any atom is 0.134 e. The van der Waals surface area contributed by atoms with Crippen LogP contribution in [-0.4, -0.2) is 31.1 Å². The number of nitrogens with one attached hydrogen (secondary N) is 1. The van der Waals surface area contributed by atoms with Crippen molar-refractivity contribution in [3.05, 3.63) is 48.2 Å². The van der Waals surface area contributed by atoms with Crippen molar-refractivity contribution in [2.24, 2.45) is 0 Å². The molecular weight excluding hydrogens is 248 g/mol. The summed E-state index contributed by atoms with van der Waals surface area (Å²) < 4.78 is 5.87. The summed E-state index contributed by atoms with van der Waals surface area (Å²) in [5.41, 5.74) is 1.25. The topological polar surface area (TPSA) is 28.4 Å². The van der Waals surface area contributed by atoms with Gasteiger partial charge in [0, 0.05) is 17.6 Å². The Morgan fingerprint density at radius 1 is 1.05 bits per heavy atom. The smallest absolute Gasteiger partial charge is 0.134 e. The molecule has 1 aromatic carbocycles. The number of hydrogen-bond acceptors (Lipinski definition) is 3. The molecular formula is C17H24N2O. The SMILES string of the molecule is CN(C)C(C)(C)CNCc1ccc(-c2ccccc2)o1. The summed E-state index contributed by atoms with van der Waals surface area (Å²) in [6.07, 6.45) is 0. The lowest BCUT2D eigenvalue weighted by atomic mass is 10.0. The van der Waals surface area contributed by atoms with Crippen LogP contribution in [0.15, 0.2) is 46.9 Å². The van der Waals surface area contributed by atoms with E-state index in [2.05, 4.69) is 50.3 Å². The van der Waals surface area contributed by atoms with Gasteiger partial charge in [-0.1, -0.05) is 30.3 Å². The van der Waals surface area contributed by atoms with Crippen molar-refractivity contribution < 1.29 is 4.42 Å². The van der Waals surface area contributed by atoms with E-state index in [0.29, 0.717) is 0 Å². The predicted molar refractivity (Wildman–Crippen MR) is 83.6 cm³/mol. The van der Waals surface area contributed by atoms with Crippen LogP contribution < -0.4 is 5.32 Å². The van der Waals surface area contributed by atoms with Crippen molar-refractivity contribution in [3.8, 4) is 11.3 Å². The Morgan fingerprint density at radius 2 is 1.75 bits per heavy atom. The predicted octanol–water partition coefficient (Wildman–Crippen LogP) is 3.38. The monoisotopic (exact) mass is 272 g/mol. The third-order valence-electron chi connectivity index (χ3n) is 3.79. The second-order valence-electron chi connectivity index (χ2n) is 5.94. The Hall–Kier alpha value is -1.58. The van der Waals surface area contributed by atoms with Gasteiger partial charge in [-0.2, -0.15) is 0 Å². The number of benzene rings is 1. The molecule has 3 heteroatoms. The lowest BCUT2D eigenvalue weighted by molar-refractivity contribution is 0.188. The molecule has 2 aromatic rings. The number of hydrogen-bond donors (Lipinski definition) is 1. The fourth-order valence-electron chi connectivity index (χ4n) is 1.88. The van der Waals surface area contributed by atoms with Gasteiger partial charge in [-0.05, 0) is 40.1 Å². The van der Waals surface area contributed by atoms with Gasteiger partial charge >= 0.3 is 0 Å². The molecule has 1 aromatic heterocycles. The Bertz CT molecular complexity index is 529. The molecule has 1 heterocycles. The highest BCUT2D eigenvalue weighted by molar-refractivity contribution is 5.57. The Balaban J connectivity index is 1.91. The number of rotatable bonds is 6. The van der Waals surface area contributed by atoms with Crippen LogP contribution in [0.25, 0.3) is 11.3 Å². The molecule has 2 rings (SSSR count). The van der Waals surface area contributed by atoms with Crippen molar-refractivity contribution >= 4 is 0 Å². The van der Waals surface area contributed by atoms with Crippen LogP contribution in [0.4, 0.5) is 0 Å². The van der Waals surface area contributed by atoms with Crippen LogP contribution in [0.2, 0.25) is 0 Å². The molecule has 0 aliphatic heterocycles. The normalized spacial score (nSPS) is 12.1. The highest BCUT2D eigenvalue weighted by atomic mass is 16.3. The minimum absolute atomic E-state index is 0.134. The van der Waals surface area contributed by atoms with Crippen LogP contribution in [0.3, 0.4) is 0 Å². The molecule has 20 heavy (non-hydrogen) atoms. The number of likely N-dealkylation sites (N-methyl/N-ethyl adjacent to an activating group) is 1. The van der Waals surface area contributed by atoms with E-state index >= 15 is 0 Å². The average molecular weight is 272 g/mol. The van der Waals surface area contributed by atoms with E-state index in [1.165, 1.54) is 0 Å². The summed E-state index contributed by atoms with van der Waals surface area (Å²) in [6, 6.07) is 14.3. The largest absolute Gasteiger partial charge is 0.460 e. The number of nitrogens with zero attached hydrogens (tertiary/aromatic N) is 1. The molecule has 0 spiro atoms. The molecule has 0 saturated heterocycles. The molecule has 0 saturated carbocycles. The van der Waals surface area contributed by atoms with Gasteiger partial charge in [0.2, 0.25) is 0 Å². The molecule has 3 nitrogen and oxygen atoms in total. The summed E-state index contributed by atoms with van der Waals surface area (Å²) in [4.78, 5) is 2.22. The fraction of sp³-hybridized carbons (Fsp3) is 0.412. The summed E-state index contributed by atoms with van der Waals surface area (Å²) in [5, 5.41) is 3.45. The van der Waals surface area contributed by atoms with Crippen LogP contribution in [-0.2, 0) is 6.54 Å². The zero-order valence-electron chi connectivity index (χ0n) is 12.8. The van der Waals surface area contributed by atoms with Crippen LogP contribution in [0.5, 0.6) is 0 Å². The van der Waals surface area contributed by atoms with Gasteiger partial charge in [-0.25, -0.2) is 0 Å². The standard InChI is InChI=1S/C17H24N2O/c1-17(2,19(3)4)13-18-12-15-10-11-16(20-15)14-8-6-5-7-9-14/h5-11,18H,12-13H2,1-4H3. The summed E-state index contributed by atoms with van der Waals surface area (Å²) in [7, 11) is 4.20. The fourth-order valence-corrected chi connectivity index (χ4v) is 1.88. The van der Waals surface area contributed by atoms with Crippen LogP contribution >= 0.6 is 0 Å². The molecule has 0 bridgehead atoms. The van der Waals surface area contributed by atoms with Crippen molar-refractivity contribution in [2.45, 2.75) is 25.9 Å². The summed E-state index contributed by atoms with van der Waals surface area (Å²) in [6.45, 7) is 6.11. The van der Waals surface area contributed by atoms with Gasteiger partial charge in [0.05, 0.1) is 6.54 Å². The van der Waals surface area contributed by atoms with E-state index in [-0.39, 0.29) is 5.54 Å². The van der Waals surface area contributed by atoms with E-state index in [1.807, 2.05) is 30.3 Å². The van der Waals surface area contributed by atoms with E-state index in [0.717, 1.165) is 30.2 Å². The maximum absolute atomic E-state index is 5.87. The van der Waals surface area contributed by atoms with Gasteiger partial charge < -0.3 is 14.6 Å². The van der Waals surface area contributed by atoms with E-state index in [4.69, 9.17) is 4.42 Å². The zero-order chi connectivity index (χ0) is 14.6. The van der Waals surface area contributed by atoms with Crippen molar-refractivity contribution in [1.82, 2.24) is 10.2 Å². The Labute approximate surface area is 121 Å². The van der Waals surface area contributed by atoms with Gasteiger partial charge in [-0.15, -0.1) is 0 Å². The van der Waals surface area contributed by atoms with Crippen molar-refractivity contribution in [1.29, 1.82) is 0 Å². The lowest BCUT2D eigenvalue weighted by Crippen LogP contribution is -2.46. The van der Waals surface area contributed by atoms with Crippen LogP contribution in [0, 0.1) is 0 Å². The highest BCUT2D eigenvalue weighted by Gasteiger charge is 2.19. The second kappa shape index (κ2) is 6.25. The van der Waals surface area contributed by atoms with Crippen molar-refractivity contribution in [3.63, 3.8) is 0 Å². The van der Waals surface area contributed by atoms with Crippen molar-refractivity contribution in [2.75, 3.05) is 20.6 Å². The van der Waals surface area contributed by atoms with Gasteiger partial charge in [0.25, 0.3) is 0 Å². The molecule has 0 unspecified atom stereocenters. The summed E-state index contributed by atoms with van der Waals surface area (Å²) in [5.74, 6) is 1.90. The lowest BCUT2D eigenvalue weighted by Gasteiger charge is -2.32. The Morgan fingerprint density at radius 3 is 2.40 bits per heavy atom. The highest BCUT2D eigenvalue weighted by Crippen LogP contribution is 2.21. The summed E-state index contributed by atoms with van der Waals surface area (Å²) >= 11 is 0. The third kappa shape index (κ3) is 3.71. The second-order valence-corrected chi connectivity index (χ2v) is 5.94. The molecule has 0 radical (unpaired) electrons. The molecule has 108 valence electrons. The van der Waals surface area contributed by atoms with Gasteiger partial charge in [-0.3, -0.25) is 0 Å². The zero-order valence-corrected chi connectivity index (χ0v) is 12.8. The van der Waals surface area contributed by atoms with Gasteiger partial charge in [0.15, 0.2) is 0 Å². The first-order valence-electron chi connectivity index (χ1n) is 7.01. The minimum Gasteiger partial charge on any atom is -0.460 e. The molecule has 0 aliphatic carbocycles. The first kappa shape index (κ1) is 14.8. The number of furan rings is 1. The first-order chi connectivity index (χ1) is 9.49. The van der Waals surface area contributed by atoms with Gasteiger partial charge in [0.1, 0.15) is 11.5 Å². The molecule has 0 amide bonds. The van der Waals surface area contributed by atoms with E-state index in [1.54, 1.807) is 0 Å². The molecule has 0 atom stereocenters. The van der Waals surface area contributed by atoms with Crippen LogP contribution in [0.1, 0.15) is 19.6 Å². The maximum atomic E-state index is 5.87.